The molecular weight excluding hydrogens is 226 g/mol. The molecule has 0 aromatic heterocycles. The zero-order valence-electron chi connectivity index (χ0n) is 10.5. The molecule has 18 heavy (non-hydrogen) atoms. The second kappa shape index (κ2) is 5.51. The highest BCUT2D eigenvalue weighted by Gasteiger charge is 2.34. The van der Waals surface area contributed by atoms with E-state index in [1.807, 2.05) is 18.2 Å². The van der Waals surface area contributed by atoms with Crippen LogP contribution in [0.25, 0.3) is 0 Å². The average Bonchev–Trinajstić information content (AvgIpc) is 2.47. The molecule has 0 aliphatic heterocycles. The summed E-state index contributed by atoms with van der Waals surface area (Å²) in [6.45, 7) is -0.289. The van der Waals surface area contributed by atoms with E-state index in [1.165, 1.54) is 6.42 Å². The Bertz CT molecular complexity index is 444. The molecule has 96 valence electrons. The molecule has 3 nitrogen and oxygen atoms in total. The minimum Gasteiger partial charge on any atom is -0.393 e. The van der Waals surface area contributed by atoms with E-state index in [0.29, 0.717) is 5.56 Å². The van der Waals surface area contributed by atoms with Crippen LogP contribution >= 0.6 is 0 Å². The fourth-order valence-corrected chi connectivity index (χ4v) is 2.77. The Morgan fingerprint density at radius 1 is 1.28 bits per heavy atom. The first-order chi connectivity index (χ1) is 8.72. The molecule has 0 spiro atoms. The number of aliphatic hydroxyl groups excluding tert-OH is 2. The summed E-state index contributed by atoms with van der Waals surface area (Å²) in [5, 5.41) is 28.2. The largest absolute Gasteiger partial charge is 0.393 e. The van der Waals surface area contributed by atoms with Crippen molar-refractivity contribution in [3.63, 3.8) is 0 Å². The Labute approximate surface area is 108 Å². The summed E-state index contributed by atoms with van der Waals surface area (Å²) < 4.78 is 0. The van der Waals surface area contributed by atoms with Crippen LogP contribution in [0.3, 0.4) is 0 Å². The van der Waals surface area contributed by atoms with Gasteiger partial charge in [0.05, 0.1) is 18.1 Å². The number of benzene rings is 1. The maximum atomic E-state index is 9.68. The van der Waals surface area contributed by atoms with Crippen molar-refractivity contribution in [2.75, 3.05) is 6.61 Å². The molecule has 1 aromatic rings. The van der Waals surface area contributed by atoms with Crippen molar-refractivity contribution in [2.24, 2.45) is 0 Å². The van der Waals surface area contributed by atoms with E-state index < -0.39 is 11.5 Å². The van der Waals surface area contributed by atoms with Gasteiger partial charge in [-0.25, -0.2) is 0 Å². The monoisotopic (exact) mass is 245 g/mol. The van der Waals surface area contributed by atoms with Gasteiger partial charge < -0.3 is 10.2 Å². The van der Waals surface area contributed by atoms with Crippen LogP contribution in [-0.4, -0.2) is 16.8 Å². The molecule has 1 fully saturated rings. The van der Waals surface area contributed by atoms with E-state index in [-0.39, 0.29) is 6.61 Å². The first-order valence-electron chi connectivity index (χ1n) is 6.52. The Hall–Kier alpha value is -1.37. The second-order valence-electron chi connectivity index (χ2n) is 5.08. The molecule has 0 radical (unpaired) electrons. The molecular formula is C15H19NO2. The number of nitrogens with zero attached hydrogens (tertiary/aromatic N) is 1. The predicted octanol–water partition coefficient (Wildman–Crippen LogP) is 2.44. The van der Waals surface area contributed by atoms with Crippen molar-refractivity contribution >= 4 is 0 Å². The number of rotatable bonds is 3. The van der Waals surface area contributed by atoms with E-state index in [1.54, 1.807) is 6.07 Å². The molecule has 1 saturated carbocycles. The predicted molar refractivity (Wildman–Crippen MR) is 68.9 cm³/mol. The molecule has 1 aliphatic rings. The summed E-state index contributed by atoms with van der Waals surface area (Å²) in [7, 11) is 0. The molecule has 1 unspecified atom stereocenters. The maximum Gasteiger partial charge on any atom is 0.102 e. The van der Waals surface area contributed by atoms with Crippen LogP contribution < -0.4 is 0 Å². The second-order valence-corrected chi connectivity index (χ2v) is 5.08. The highest BCUT2D eigenvalue weighted by molar-refractivity contribution is 5.36. The molecule has 0 bridgehead atoms. The van der Waals surface area contributed by atoms with Crippen molar-refractivity contribution < 1.29 is 10.2 Å². The van der Waals surface area contributed by atoms with E-state index in [9.17, 15) is 10.4 Å². The lowest BCUT2D eigenvalue weighted by Gasteiger charge is -2.31. The van der Waals surface area contributed by atoms with Gasteiger partial charge in [-0.1, -0.05) is 43.5 Å². The lowest BCUT2D eigenvalue weighted by Crippen LogP contribution is -2.27. The van der Waals surface area contributed by atoms with Gasteiger partial charge in [0.1, 0.15) is 6.10 Å². The summed E-state index contributed by atoms with van der Waals surface area (Å²) in [5.74, 6) is 0. The summed E-state index contributed by atoms with van der Waals surface area (Å²) >= 11 is 0. The smallest absolute Gasteiger partial charge is 0.102 e. The van der Waals surface area contributed by atoms with Crippen LogP contribution in [0.15, 0.2) is 24.3 Å². The zero-order valence-corrected chi connectivity index (χ0v) is 10.5. The third-order valence-corrected chi connectivity index (χ3v) is 3.92. The van der Waals surface area contributed by atoms with Gasteiger partial charge in [-0.3, -0.25) is 0 Å². The fourth-order valence-electron chi connectivity index (χ4n) is 2.77. The van der Waals surface area contributed by atoms with Crippen molar-refractivity contribution in [1.29, 1.82) is 5.26 Å². The molecule has 1 aromatic carbocycles. The van der Waals surface area contributed by atoms with E-state index >= 15 is 0 Å². The fraction of sp³-hybridized carbons (Fsp3) is 0.533. The van der Waals surface area contributed by atoms with Gasteiger partial charge in [-0.05, 0) is 24.0 Å². The Morgan fingerprint density at radius 3 is 2.61 bits per heavy atom. The van der Waals surface area contributed by atoms with Gasteiger partial charge in [0.15, 0.2) is 0 Å². The van der Waals surface area contributed by atoms with Crippen LogP contribution in [0, 0.1) is 11.3 Å². The van der Waals surface area contributed by atoms with Gasteiger partial charge in [0.2, 0.25) is 0 Å². The van der Waals surface area contributed by atoms with Gasteiger partial charge in [0, 0.05) is 0 Å². The van der Waals surface area contributed by atoms with E-state index in [0.717, 1.165) is 31.2 Å². The first kappa shape index (κ1) is 13.1. The van der Waals surface area contributed by atoms with Crippen molar-refractivity contribution in [3.8, 4) is 6.07 Å². The normalized spacial score (nSPS) is 20.1. The van der Waals surface area contributed by atoms with Gasteiger partial charge >= 0.3 is 0 Å². The highest BCUT2D eigenvalue weighted by Crippen LogP contribution is 2.39. The maximum absolute atomic E-state index is 9.68. The minimum absolute atomic E-state index is 0.289. The highest BCUT2D eigenvalue weighted by atomic mass is 16.3. The molecule has 0 heterocycles. The Balaban J connectivity index is 2.34. The van der Waals surface area contributed by atoms with Gasteiger partial charge in [-0.15, -0.1) is 0 Å². The summed E-state index contributed by atoms with van der Waals surface area (Å²) in [5.41, 5.74) is 1.27. The van der Waals surface area contributed by atoms with Crippen molar-refractivity contribution in [2.45, 2.75) is 43.6 Å². The minimum atomic E-state index is -0.857. The van der Waals surface area contributed by atoms with Crippen LogP contribution in [-0.2, 0) is 5.41 Å². The van der Waals surface area contributed by atoms with Crippen LogP contribution in [0.2, 0.25) is 0 Å². The lowest BCUT2D eigenvalue weighted by atomic mass is 9.70. The molecule has 1 aliphatic carbocycles. The molecule has 2 rings (SSSR count). The summed E-state index contributed by atoms with van der Waals surface area (Å²) in [6.07, 6.45) is 4.29. The topological polar surface area (TPSA) is 64.2 Å². The lowest BCUT2D eigenvalue weighted by molar-refractivity contribution is 0.0955. The number of hydrogen-bond acceptors (Lipinski definition) is 3. The van der Waals surface area contributed by atoms with Crippen molar-refractivity contribution in [1.82, 2.24) is 0 Å². The van der Waals surface area contributed by atoms with E-state index in [4.69, 9.17) is 5.11 Å². The number of hydrogen-bond donors (Lipinski definition) is 2. The average molecular weight is 245 g/mol. The van der Waals surface area contributed by atoms with Crippen LogP contribution in [0.1, 0.15) is 49.3 Å². The first-order valence-corrected chi connectivity index (χ1v) is 6.52. The SMILES string of the molecule is N#CC1(c2cccc(C(O)CO)c2)CCCCC1. The molecule has 0 amide bonds. The zero-order chi connectivity index (χ0) is 13.0. The number of nitriles is 1. The summed E-state index contributed by atoms with van der Waals surface area (Å²) in [6, 6.07) is 9.95. The molecule has 3 heteroatoms. The quantitative estimate of drug-likeness (QED) is 0.859. The molecule has 0 saturated heterocycles. The van der Waals surface area contributed by atoms with Crippen LogP contribution in [0.5, 0.6) is 0 Å². The number of aliphatic hydroxyl groups is 2. The Morgan fingerprint density at radius 2 is 2.00 bits per heavy atom. The third kappa shape index (κ3) is 2.40. The van der Waals surface area contributed by atoms with Crippen molar-refractivity contribution in [3.05, 3.63) is 35.4 Å². The Kier molecular flexibility index (Phi) is 4.00. The molecule has 1 atom stereocenters. The standard InChI is InChI=1S/C15H19NO2/c16-11-15(7-2-1-3-8-15)13-6-4-5-12(9-13)14(18)10-17/h4-6,9,14,17-18H,1-3,7-8,10H2. The summed E-state index contributed by atoms with van der Waals surface area (Å²) in [4.78, 5) is 0. The third-order valence-electron chi connectivity index (χ3n) is 3.92. The molecule has 2 N–H and O–H groups in total. The van der Waals surface area contributed by atoms with Crippen LogP contribution in [0.4, 0.5) is 0 Å². The van der Waals surface area contributed by atoms with E-state index in [2.05, 4.69) is 6.07 Å². The van der Waals surface area contributed by atoms with Gasteiger partial charge in [0.25, 0.3) is 0 Å². The van der Waals surface area contributed by atoms with Gasteiger partial charge in [-0.2, -0.15) is 5.26 Å².